The molecule has 0 unspecified atom stereocenters. The number of H-pyrrole nitrogens is 1. The van der Waals surface area contributed by atoms with Crippen LogP contribution in [0, 0.1) is 0 Å². The number of aromatic nitrogens is 1. The Hall–Kier alpha value is -4.78. The van der Waals surface area contributed by atoms with Crippen molar-refractivity contribution in [1.29, 1.82) is 0 Å². The van der Waals surface area contributed by atoms with Gasteiger partial charge in [0.2, 0.25) is 35.4 Å². The summed E-state index contributed by atoms with van der Waals surface area (Å²) < 4.78 is 0. The summed E-state index contributed by atoms with van der Waals surface area (Å²) in [5, 5.41) is 34.5. The highest BCUT2D eigenvalue weighted by atomic mass is 33.1. The molecule has 16 nitrogen and oxygen atoms in total. The van der Waals surface area contributed by atoms with Crippen LogP contribution in [0.4, 0.5) is 0 Å². The Labute approximate surface area is 320 Å². The zero-order chi connectivity index (χ0) is 39.2. The van der Waals surface area contributed by atoms with Gasteiger partial charge in [0.25, 0.3) is 0 Å². The van der Waals surface area contributed by atoms with Crippen molar-refractivity contribution < 1.29 is 39.0 Å². The molecular weight excluding hydrogens is 737 g/mol. The molecule has 3 aromatic rings. The first-order valence-electron chi connectivity index (χ1n) is 17.6. The summed E-state index contributed by atoms with van der Waals surface area (Å²) >= 11 is 0. The number of carbonyl (C=O) groups is 6. The predicted octanol–water partition coefficient (Wildman–Crippen LogP) is -0.137. The van der Waals surface area contributed by atoms with E-state index in [0.717, 1.165) is 10.9 Å². The van der Waals surface area contributed by atoms with Crippen LogP contribution in [0.1, 0.15) is 43.7 Å². The second-order valence-corrected chi connectivity index (χ2v) is 15.6. The number of amides is 6. The number of nitrogens with one attached hydrogen (secondary N) is 6. The summed E-state index contributed by atoms with van der Waals surface area (Å²) in [6.07, 6.45) is 1.39. The van der Waals surface area contributed by atoms with Crippen molar-refractivity contribution in [3.8, 4) is 5.75 Å². The molecule has 0 bridgehead atoms. The number of hydrogen-bond donors (Lipinski definition) is 10. The SMILES string of the molecule is C[C@@H](O)[C@@H]1NC(=O)[C@H](CCCCN)NC(=O)[C@@H](Cc2c[nH]c3ccccc23)NC(=O)[C@H](Cc2ccc(O)cc2)NC(=O)CCSSC[C@@H](C(N)=O)NC1=O. The van der Waals surface area contributed by atoms with Crippen molar-refractivity contribution in [2.75, 3.05) is 18.1 Å². The first kappa shape index (κ1) is 42.0. The first-order valence-corrected chi connectivity index (χ1v) is 20.1. The highest BCUT2D eigenvalue weighted by Gasteiger charge is 2.34. The van der Waals surface area contributed by atoms with E-state index in [1.165, 1.54) is 40.6 Å². The second-order valence-electron chi connectivity index (χ2n) is 13.0. The summed E-state index contributed by atoms with van der Waals surface area (Å²) in [6.45, 7) is 1.61. The van der Waals surface area contributed by atoms with Crippen LogP contribution in [0.2, 0.25) is 0 Å². The van der Waals surface area contributed by atoms with E-state index in [1.54, 1.807) is 18.3 Å². The Kier molecular flexibility index (Phi) is 16.0. The van der Waals surface area contributed by atoms with Crippen molar-refractivity contribution in [2.45, 2.75) is 81.8 Å². The summed E-state index contributed by atoms with van der Waals surface area (Å²) in [5.41, 5.74) is 13.4. The highest BCUT2D eigenvalue weighted by Crippen LogP contribution is 2.23. The molecule has 1 fully saturated rings. The van der Waals surface area contributed by atoms with E-state index < -0.39 is 71.8 Å². The zero-order valence-electron chi connectivity index (χ0n) is 29.8. The normalized spacial score (nSPS) is 23.3. The van der Waals surface area contributed by atoms with Gasteiger partial charge in [-0.3, -0.25) is 28.8 Å². The molecule has 0 aliphatic carbocycles. The molecule has 1 aliphatic heterocycles. The van der Waals surface area contributed by atoms with Crippen LogP contribution in [0.15, 0.2) is 54.7 Å². The highest BCUT2D eigenvalue weighted by molar-refractivity contribution is 8.76. The molecule has 0 radical (unpaired) electrons. The lowest BCUT2D eigenvalue weighted by Crippen LogP contribution is -2.61. The zero-order valence-corrected chi connectivity index (χ0v) is 31.5. The van der Waals surface area contributed by atoms with Gasteiger partial charge in [0.1, 0.15) is 36.0 Å². The number of unbranched alkanes of at least 4 members (excludes halogenated alkanes) is 1. The predicted molar refractivity (Wildman–Crippen MR) is 207 cm³/mol. The van der Waals surface area contributed by atoms with Gasteiger partial charge in [0, 0.05) is 47.9 Å². The maximum Gasteiger partial charge on any atom is 0.245 e. The van der Waals surface area contributed by atoms with Crippen molar-refractivity contribution in [1.82, 2.24) is 31.6 Å². The van der Waals surface area contributed by atoms with E-state index in [2.05, 4.69) is 31.6 Å². The summed E-state index contributed by atoms with van der Waals surface area (Å²) in [5.74, 6) is -4.01. The molecule has 12 N–H and O–H groups in total. The standard InChI is InChI=1S/C36H48N8O8S2/c1-20(45)31-36(52)43-29(32(38)48)19-54-53-15-13-30(47)40-27(16-21-9-11-23(46)12-10-21)34(50)42-28(17-22-18-39-25-7-3-2-6-24(22)25)35(51)41-26(33(49)44-31)8-4-5-14-37/h2-3,6-7,9-12,18,20,26-29,31,39,45-46H,4-5,8,13-17,19,37H2,1H3,(H2,38,48)(H,40,47)(H,41,51)(H,42,50)(H,43,52)(H,44,49)/t20-,26+,27+,28-,29+,31+/m1/s1. The lowest BCUT2D eigenvalue weighted by atomic mass is 10.0. The molecule has 54 heavy (non-hydrogen) atoms. The van der Waals surface area contributed by atoms with Gasteiger partial charge in [-0.2, -0.15) is 0 Å². The maximum absolute atomic E-state index is 14.2. The number of aromatic hydroxyl groups is 1. The number of phenolic OH excluding ortho intramolecular Hbond substituents is 1. The second kappa shape index (κ2) is 20.6. The molecular formula is C36H48N8O8S2. The van der Waals surface area contributed by atoms with E-state index in [1.807, 2.05) is 24.3 Å². The van der Waals surface area contributed by atoms with Crippen molar-refractivity contribution >= 4 is 67.9 Å². The molecule has 1 saturated heterocycles. The molecule has 18 heteroatoms. The van der Waals surface area contributed by atoms with Crippen LogP contribution in [0.3, 0.4) is 0 Å². The molecule has 0 saturated carbocycles. The van der Waals surface area contributed by atoms with Gasteiger partial charge in [0.05, 0.1) is 6.10 Å². The van der Waals surface area contributed by atoms with Gasteiger partial charge < -0.3 is 53.2 Å². The minimum Gasteiger partial charge on any atom is -0.508 e. The average molecular weight is 785 g/mol. The molecule has 2 heterocycles. The Morgan fingerprint density at radius 1 is 0.833 bits per heavy atom. The minimum atomic E-state index is -1.51. The number of aliphatic hydroxyl groups excluding tert-OH is 1. The van der Waals surface area contributed by atoms with Crippen LogP contribution < -0.4 is 38.1 Å². The van der Waals surface area contributed by atoms with Gasteiger partial charge in [-0.25, -0.2) is 0 Å². The van der Waals surface area contributed by atoms with E-state index in [0.29, 0.717) is 30.5 Å². The average Bonchev–Trinajstić information content (AvgIpc) is 3.54. The monoisotopic (exact) mass is 784 g/mol. The van der Waals surface area contributed by atoms with E-state index in [-0.39, 0.29) is 42.9 Å². The fourth-order valence-electron chi connectivity index (χ4n) is 5.80. The Balaban J connectivity index is 1.71. The first-order chi connectivity index (χ1) is 25.9. The van der Waals surface area contributed by atoms with Crippen LogP contribution in [-0.4, -0.2) is 105 Å². The number of fused-ring (bicyclic) bond motifs is 1. The van der Waals surface area contributed by atoms with Gasteiger partial charge >= 0.3 is 0 Å². The molecule has 2 aromatic carbocycles. The number of nitrogens with two attached hydrogens (primary N) is 2. The molecule has 4 rings (SSSR count). The topological polar surface area (TPSA) is 271 Å². The number of aromatic amines is 1. The van der Waals surface area contributed by atoms with Gasteiger partial charge in [-0.1, -0.05) is 51.9 Å². The number of para-hydroxylation sites is 1. The number of hydrogen-bond acceptors (Lipinski definition) is 11. The van der Waals surface area contributed by atoms with E-state index >= 15 is 0 Å². The molecule has 6 atom stereocenters. The molecule has 1 aromatic heterocycles. The number of phenols is 1. The number of carbonyl (C=O) groups excluding carboxylic acids is 6. The third kappa shape index (κ3) is 12.4. The third-order valence-corrected chi connectivity index (χ3v) is 11.2. The fourth-order valence-corrected chi connectivity index (χ4v) is 7.97. The van der Waals surface area contributed by atoms with Crippen LogP contribution in [0.5, 0.6) is 5.75 Å². The number of aliphatic hydroxyl groups is 1. The van der Waals surface area contributed by atoms with Crippen LogP contribution in [0.25, 0.3) is 10.9 Å². The molecule has 292 valence electrons. The molecule has 6 amide bonds. The summed E-state index contributed by atoms with van der Waals surface area (Å²) in [4.78, 5) is 83.9. The Bertz CT molecular complexity index is 1770. The van der Waals surface area contributed by atoms with Crippen LogP contribution >= 0.6 is 21.6 Å². The quantitative estimate of drug-likeness (QED) is 0.0955. The Morgan fingerprint density at radius 3 is 2.19 bits per heavy atom. The fraction of sp³-hybridized carbons (Fsp3) is 0.444. The summed E-state index contributed by atoms with van der Waals surface area (Å²) in [6, 6.07) is 7.29. The number of rotatable bonds is 10. The molecule has 1 aliphatic rings. The smallest absolute Gasteiger partial charge is 0.245 e. The minimum absolute atomic E-state index is 0.000322. The third-order valence-electron chi connectivity index (χ3n) is 8.79. The number of benzene rings is 2. The summed E-state index contributed by atoms with van der Waals surface area (Å²) in [7, 11) is 2.42. The van der Waals surface area contributed by atoms with Gasteiger partial charge in [0.15, 0.2) is 0 Å². The Morgan fingerprint density at radius 2 is 1.50 bits per heavy atom. The molecule has 0 spiro atoms. The van der Waals surface area contributed by atoms with Crippen LogP contribution in [-0.2, 0) is 41.6 Å². The van der Waals surface area contributed by atoms with E-state index in [4.69, 9.17) is 11.5 Å². The maximum atomic E-state index is 14.2. The van der Waals surface area contributed by atoms with Gasteiger partial charge in [-0.15, -0.1) is 0 Å². The van der Waals surface area contributed by atoms with Crippen molar-refractivity contribution in [3.63, 3.8) is 0 Å². The largest absolute Gasteiger partial charge is 0.508 e. The lowest BCUT2D eigenvalue weighted by molar-refractivity contribution is -0.136. The van der Waals surface area contributed by atoms with Crippen molar-refractivity contribution in [2.24, 2.45) is 11.5 Å². The number of primary amides is 1. The van der Waals surface area contributed by atoms with E-state index in [9.17, 15) is 39.0 Å². The lowest BCUT2D eigenvalue weighted by Gasteiger charge is -2.28. The van der Waals surface area contributed by atoms with Gasteiger partial charge in [-0.05, 0) is 62.1 Å². The van der Waals surface area contributed by atoms with Crippen molar-refractivity contribution in [3.05, 3.63) is 65.9 Å².